The van der Waals surface area contributed by atoms with Crippen LogP contribution in [0.5, 0.6) is 0 Å². The van der Waals surface area contributed by atoms with Crippen molar-refractivity contribution in [2.24, 2.45) is 0 Å². The van der Waals surface area contributed by atoms with Crippen LogP contribution < -0.4 is 0 Å². The zero-order valence-corrected chi connectivity index (χ0v) is 26.7. The van der Waals surface area contributed by atoms with E-state index in [0.29, 0.717) is 22.4 Å². The number of nitrogens with zero attached hydrogens (tertiary/aromatic N) is 5. The highest BCUT2D eigenvalue weighted by atomic mass is 15.0. The Kier molecular flexibility index (Phi) is 6.56. The molecule has 50 heavy (non-hydrogen) atoms. The fourth-order valence-electron chi connectivity index (χ4n) is 7.52. The molecule has 2 aromatic heterocycles. The van der Waals surface area contributed by atoms with E-state index < -0.39 is 0 Å². The van der Waals surface area contributed by atoms with Gasteiger partial charge in [0, 0.05) is 44.0 Å². The SMILES string of the molecule is [C-]#[N+]c1cccc(C#N)c1-c1cccc2c1c1cc(-c3ccccc3C#N)ccc1n2-c1ccc2c(c1)c1ccccc1n2-c1ccccc1. The van der Waals surface area contributed by atoms with E-state index >= 15 is 0 Å². The fourth-order valence-corrected chi connectivity index (χ4v) is 7.52. The number of hydrogen-bond donors (Lipinski definition) is 0. The molecule has 0 amide bonds. The molecule has 2 heterocycles. The van der Waals surface area contributed by atoms with Crippen LogP contribution in [0.15, 0.2) is 152 Å². The Hall–Kier alpha value is -7.39. The molecular formula is C45H25N5. The van der Waals surface area contributed by atoms with Crippen LogP contribution in [0.2, 0.25) is 0 Å². The summed E-state index contributed by atoms with van der Waals surface area (Å²) in [6, 6.07) is 55.6. The smallest absolute Gasteiger partial charge is 0.196 e. The molecular weight excluding hydrogens is 611 g/mol. The minimum atomic E-state index is 0.429. The van der Waals surface area contributed by atoms with Gasteiger partial charge >= 0.3 is 0 Å². The van der Waals surface area contributed by atoms with E-state index in [1.54, 1.807) is 18.2 Å². The average molecular weight is 636 g/mol. The first-order valence-corrected chi connectivity index (χ1v) is 16.3. The van der Waals surface area contributed by atoms with Crippen molar-refractivity contribution in [1.82, 2.24) is 9.13 Å². The van der Waals surface area contributed by atoms with Crippen LogP contribution in [0.1, 0.15) is 11.1 Å². The summed E-state index contributed by atoms with van der Waals surface area (Å²) >= 11 is 0. The number of hydrogen-bond acceptors (Lipinski definition) is 2. The van der Waals surface area contributed by atoms with Crippen molar-refractivity contribution in [3.05, 3.63) is 174 Å². The number of benzene rings is 7. The molecule has 0 N–H and O–H groups in total. The van der Waals surface area contributed by atoms with Crippen LogP contribution in [-0.4, -0.2) is 9.13 Å². The summed E-state index contributed by atoms with van der Waals surface area (Å²) in [6.07, 6.45) is 0. The first-order valence-electron chi connectivity index (χ1n) is 16.3. The summed E-state index contributed by atoms with van der Waals surface area (Å²) in [6.45, 7) is 7.99. The molecule has 0 aliphatic rings. The van der Waals surface area contributed by atoms with Crippen molar-refractivity contribution in [2.75, 3.05) is 0 Å². The van der Waals surface area contributed by atoms with Crippen LogP contribution in [0.25, 0.3) is 82.1 Å². The Morgan fingerprint density at radius 3 is 1.96 bits per heavy atom. The molecule has 0 aliphatic heterocycles. The van der Waals surface area contributed by atoms with Gasteiger partial charge in [-0.15, -0.1) is 0 Å². The first kappa shape index (κ1) is 28.8. The molecule has 0 spiro atoms. The van der Waals surface area contributed by atoms with Crippen LogP contribution in [0, 0.1) is 29.2 Å². The van der Waals surface area contributed by atoms with Gasteiger partial charge in [0.2, 0.25) is 0 Å². The predicted molar refractivity (Wildman–Crippen MR) is 202 cm³/mol. The van der Waals surface area contributed by atoms with Gasteiger partial charge in [-0.1, -0.05) is 84.9 Å². The molecule has 230 valence electrons. The maximum absolute atomic E-state index is 10.2. The van der Waals surface area contributed by atoms with Gasteiger partial charge in [0.1, 0.15) is 0 Å². The minimum absolute atomic E-state index is 0.429. The van der Waals surface area contributed by atoms with Crippen molar-refractivity contribution in [3.63, 3.8) is 0 Å². The van der Waals surface area contributed by atoms with Gasteiger partial charge in [0.25, 0.3) is 0 Å². The maximum Gasteiger partial charge on any atom is 0.196 e. The molecule has 0 saturated heterocycles. The summed E-state index contributed by atoms with van der Waals surface area (Å²) in [4.78, 5) is 3.84. The van der Waals surface area contributed by atoms with Gasteiger partial charge < -0.3 is 9.13 Å². The highest BCUT2D eigenvalue weighted by molar-refractivity contribution is 6.18. The largest absolute Gasteiger partial charge is 0.309 e. The van der Waals surface area contributed by atoms with E-state index in [2.05, 4.69) is 117 Å². The second kappa shape index (κ2) is 11.4. The molecule has 0 atom stereocenters. The lowest BCUT2D eigenvalue weighted by molar-refractivity contribution is 1.17. The van der Waals surface area contributed by atoms with Gasteiger partial charge in [0.15, 0.2) is 5.69 Å². The highest BCUT2D eigenvalue weighted by Crippen LogP contribution is 2.44. The second-order valence-electron chi connectivity index (χ2n) is 12.2. The molecule has 0 saturated carbocycles. The van der Waals surface area contributed by atoms with E-state index in [9.17, 15) is 10.5 Å². The van der Waals surface area contributed by atoms with Gasteiger partial charge in [-0.3, -0.25) is 0 Å². The topological polar surface area (TPSA) is 61.8 Å². The van der Waals surface area contributed by atoms with Crippen molar-refractivity contribution >= 4 is 49.3 Å². The second-order valence-corrected chi connectivity index (χ2v) is 12.2. The van der Waals surface area contributed by atoms with Crippen molar-refractivity contribution in [1.29, 1.82) is 10.5 Å². The zero-order valence-electron chi connectivity index (χ0n) is 26.7. The van der Waals surface area contributed by atoms with E-state index in [-0.39, 0.29) is 0 Å². The molecule has 0 unspecified atom stereocenters. The normalized spacial score (nSPS) is 11.1. The maximum atomic E-state index is 10.2. The van der Waals surface area contributed by atoms with Crippen molar-refractivity contribution in [2.45, 2.75) is 0 Å². The summed E-state index contributed by atoms with van der Waals surface area (Å²) in [5.41, 5.74) is 11.0. The highest BCUT2D eigenvalue weighted by Gasteiger charge is 2.22. The third kappa shape index (κ3) is 4.24. The number of nitriles is 2. The third-order valence-electron chi connectivity index (χ3n) is 9.63. The van der Waals surface area contributed by atoms with Crippen molar-refractivity contribution in [3.8, 4) is 45.8 Å². The molecule has 7 aromatic carbocycles. The summed E-state index contributed by atoms with van der Waals surface area (Å²) in [7, 11) is 0. The standard InChI is InChI=1S/C45H25N5/c1-48-39-18-9-12-31(28-47)44(39)36-17-10-20-43-45(36)38-25-29(34-15-6-5-11-30(34)27-46)21-23-42(38)50(43)33-22-24-41-37(26-33)35-16-7-8-19-40(35)49(41)32-13-3-2-4-14-32/h2-26H. The summed E-state index contributed by atoms with van der Waals surface area (Å²) < 4.78 is 4.58. The minimum Gasteiger partial charge on any atom is -0.309 e. The van der Waals surface area contributed by atoms with Crippen molar-refractivity contribution < 1.29 is 0 Å². The zero-order chi connectivity index (χ0) is 33.8. The van der Waals surface area contributed by atoms with Gasteiger partial charge in [-0.05, 0) is 83.4 Å². The number of para-hydroxylation sites is 2. The molecule has 0 fully saturated rings. The molecule has 0 bridgehead atoms. The lowest BCUT2D eigenvalue weighted by Gasteiger charge is -2.12. The molecule has 9 rings (SSSR count). The van der Waals surface area contributed by atoms with E-state index in [0.717, 1.165) is 71.7 Å². The molecule has 5 nitrogen and oxygen atoms in total. The Labute approximate surface area is 288 Å². The fraction of sp³-hybridized carbons (Fsp3) is 0. The van der Waals surface area contributed by atoms with Crippen LogP contribution in [0.3, 0.4) is 0 Å². The van der Waals surface area contributed by atoms with Crippen LogP contribution in [0.4, 0.5) is 5.69 Å². The molecule has 0 aliphatic carbocycles. The Balaban J connectivity index is 1.39. The van der Waals surface area contributed by atoms with E-state index in [1.165, 1.54) is 0 Å². The third-order valence-corrected chi connectivity index (χ3v) is 9.63. The molecule has 0 radical (unpaired) electrons. The number of rotatable bonds is 4. The number of aromatic nitrogens is 2. The van der Waals surface area contributed by atoms with Gasteiger partial charge in [0.05, 0.1) is 46.3 Å². The Bertz CT molecular complexity index is 2930. The monoisotopic (exact) mass is 635 g/mol. The quantitative estimate of drug-likeness (QED) is 0.181. The predicted octanol–water partition coefficient (Wildman–Crippen LogP) is 11.5. The molecule has 9 aromatic rings. The van der Waals surface area contributed by atoms with Gasteiger partial charge in [-0.2, -0.15) is 10.5 Å². The lowest BCUT2D eigenvalue weighted by Crippen LogP contribution is -1.96. The molecule has 5 heteroatoms. The Morgan fingerprint density at radius 2 is 1.12 bits per heavy atom. The first-order chi connectivity index (χ1) is 24.7. The number of fused-ring (bicyclic) bond motifs is 6. The van der Waals surface area contributed by atoms with Crippen LogP contribution >= 0.6 is 0 Å². The lowest BCUT2D eigenvalue weighted by atomic mass is 9.93. The Morgan fingerprint density at radius 1 is 0.480 bits per heavy atom. The van der Waals surface area contributed by atoms with Gasteiger partial charge in [-0.25, -0.2) is 4.85 Å². The summed E-state index contributed by atoms with van der Waals surface area (Å²) in [5.74, 6) is 0. The van der Waals surface area contributed by atoms with E-state index in [1.807, 2.05) is 42.5 Å². The average Bonchev–Trinajstić information content (AvgIpc) is 3.70. The van der Waals surface area contributed by atoms with E-state index in [4.69, 9.17) is 6.57 Å². The summed E-state index contributed by atoms with van der Waals surface area (Å²) in [5, 5.41) is 24.4. The van der Waals surface area contributed by atoms with Crippen LogP contribution in [-0.2, 0) is 0 Å².